The van der Waals surface area contributed by atoms with Gasteiger partial charge in [-0.3, -0.25) is 4.79 Å². The zero-order chi connectivity index (χ0) is 20.5. The summed E-state index contributed by atoms with van der Waals surface area (Å²) in [5.41, 5.74) is -0.447. The van der Waals surface area contributed by atoms with E-state index in [1.54, 1.807) is 26.2 Å². The van der Waals surface area contributed by atoms with Crippen molar-refractivity contribution >= 4 is 17.2 Å². The molecule has 0 aliphatic heterocycles. The number of carbonyl (C=O) groups excluding carboxylic acids is 1. The molecule has 6 nitrogen and oxygen atoms in total. The molecule has 148 valence electrons. The number of nitrogens with one attached hydrogen (secondary N) is 1. The minimum atomic E-state index is -4.38. The average Bonchev–Trinajstić information content (AvgIpc) is 3.23. The average molecular weight is 410 g/mol. The highest BCUT2D eigenvalue weighted by molar-refractivity contribution is 7.13. The summed E-state index contributed by atoms with van der Waals surface area (Å²) < 4.78 is 42.9. The number of hydrogen-bond donors (Lipinski definition) is 1. The first kappa shape index (κ1) is 20.0. The Bertz CT molecular complexity index is 977. The first-order valence-corrected chi connectivity index (χ1v) is 9.16. The lowest BCUT2D eigenvalue weighted by atomic mass is 10.0. The van der Waals surface area contributed by atoms with Crippen molar-refractivity contribution in [3.8, 4) is 10.6 Å². The number of aryl methyl sites for hydroxylation is 1. The van der Waals surface area contributed by atoms with E-state index in [-0.39, 0.29) is 12.3 Å². The van der Waals surface area contributed by atoms with Gasteiger partial charge in [0.1, 0.15) is 5.01 Å². The van der Waals surface area contributed by atoms with Crippen LogP contribution >= 0.6 is 11.3 Å². The maximum atomic E-state index is 12.7. The fourth-order valence-electron chi connectivity index (χ4n) is 2.49. The number of hydrogen-bond acceptors (Lipinski definition) is 6. The maximum absolute atomic E-state index is 12.7. The molecule has 3 aromatic rings. The quantitative estimate of drug-likeness (QED) is 0.685. The zero-order valence-electron chi connectivity index (χ0n) is 15.3. The molecule has 2 aromatic heterocycles. The van der Waals surface area contributed by atoms with Crippen molar-refractivity contribution < 1.29 is 22.5 Å². The lowest BCUT2D eigenvalue weighted by molar-refractivity contribution is -0.137. The molecular weight excluding hydrogens is 393 g/mol. The standard InChI is InChI=1S/C18H17F3N4O2S/c1-10-22-16(25-27-10)17(2,3)24-14(26)8-13-9-28-15(23-13)11-4-6-12(7-5-11)18(19,20)21/h4-7,9H,8H2,1-3H3,(H,24,26). The lowest BCUT2D eigenvalue weighted by Crippen LogP contribution is -2.42. The van der Waals surface area contributed by atoms with E-state index >= 15 is 0 Å². The molecule has 28 heavy (non-hydrogen) atoms. The molecule has 0 aliphatic carbocycles. The van der Waals surface area contributed by atoms with Gasteiger partial charge in [-0.2, -0.15) is 18.2 Å². The predicted molar refractivity (Wildman–Crippen MR) is 96.5 cm³/mol. The summed E-state index contributed by atoms with van der Waals surface area (Å²) in [5, 5.41) is 8.90. The number of thiazole rings is 1. The monoisotopic (exact) mass is 410 g/mol. The summed E-state index contributed by atoms with van der Waals surface area (Å²) in [6, 6.07) is 4.76. The van der Waals surface area contributed by atoms with Crippen molar-refractivity contribution in [2.24, 2.45) is 0 Å². The molecule has 0 fully saturated rings. The first-order chi connectivity index (χ1) is 13.0. The topological polar surface area (TPSA) is 80.9 Å². The van der Waals surface area contributed by atoms with Crippen LogP contribution in [0.5, 0.6) is 0 Å². The van der Waals surface area contributed by atoms with E-state index in [4.69, 9.17) is 4.52 Å². The Morgan fingerprint density at radius 2 is 1.86 bits per heavy atom. The summed E-state index contributed by atoms with van der Waals surface area (Å²) >= 11 is 1.26. The Labute approximate surface area is 162 Å². The third-order valence-corrected chi connectivity index (χ3v) is 4.83. The van der Waals surface area contributed by atoms with Gasteiger partial charge >= 0.3 is 6.18 Å². The number of halogens is 3. The van der Waals surface area contributed by atoms with Gasteiger partial charge in [-0.15, -0.1) is 11.3 Å². The SMILES string of the molecule is Cc1nc(C(C)(C)NC(=O)Cc2csc(-c3ccc(C(F)(F)F)cc3)n2)no1. The van der Waals surface area contributed by atoms with Crippen LogP contribution in [0.3, 0.4) is 0 Å². The summed E-state index contributed by atoms with van der Waals surface area (Å²) in [6.07, 6.45) is -4.36. The van der Waals surface area contributed by atoms with Crippen molar-refractivity contribution in [1.82, 2.24) is 20.4 Å². The number of benzene rings is 1. The van der Waals surface area contributed by atoms with Crippen molar-refractivity contribution in [2.75, 3.05) is 0 Å². The van der Waals surface area contributed by atoms with Gasteiger partial charge in [0.05, 0.1) is 23.2 Å². The molecule has 0 atom stereocenters. The minimum absolute atomic E-state index is 0.0252. The Morgan fingerprint density at radius 1 is 1.18 bits per heavy atom. The number of amides is 1. The fourth-order valence-corrected chi connectivity index (χ4v) is 3.31. The largest absolute Gasteiger partial charge is 0.416 e. The Balaban J connectivity index is 1.66. The fraction of sp³-hybridized carbons (Fsp3) is 0.333. The normalized spacial score (nSPS) is 12.2. The molecule has 2 heterocycles. The molecular formula is C18H17F3N4O2S. The Morgan fingerprint density at radius 3 is 2.43 bits per heavy atom. The smallest absolute Gasteiger partial charge is 0.343 e. The van der Waals surface area contributed by atoms with Gasteiger partial charge in [0.25, 0.3) is 0 Å². The summed E-state index contributed by atoms with van der Waals surface area (Å²) in [7, 11) is 0. The highest BCUT2D eigenvalue weighted by Gasteiger charge is 2.30. The molecule has 0 unspecified atom stereocenters. The second-order valence-electron chi connectivity index (χ2n) is 6.71. The van der Waals surface area contributed by atoms with E-state index < -0.39 is 17.3 Å². The van der Waals surface area contributed by atoms with E-state index in [9.17, 15) is 18.0 Å². The molecule has 1 aromatic carbocycles. The van der Waals surface area contributed by atoms with E-state index in [1.807, 2.05) is 0 Å². The van der Waals surface area contributed by atoms with Crippen molar-refractivity contribution in [3.63, 3.8) is 0 Å². The Hall–Kier alpha value is -2.75. The molecule has 1 N–H and O–H groups in total. The molecule has 0 saturated heterocycles. The number of alkyl halides is 3. The van der Waals surface area contributed by atoms with E-state index in [2.05, 4.69) is 20.4 Å². The molecule has 10 heteroatoms. The van der Waals surface area contributed by atoms with Crippen molar-refractivity contribution in [2.45, 2.75) is 38.9 Å². The van der Waals surface area contributed by atoms with E-state index in [1.165, 1.54) is 23.5 Å². The molecule has 0 saturated carbocycles. The van der Waals surface area contributed by atoms with Gasteiger partial charge in [-0.25, -0.2) is 4.98 Å². The number of aromatic nitrogens is 3. The van der Waals surface area contributed by atoms with E-state index in [0.29, 0.717) is 28.0 Å². The second kappa shape index (κ2) is 7.34. The van der Waals surface area contributed by atoms with Gasteiger partial charge in [0.2, 0.25) is 11.8 Å². The summed E-state index contributed by atoms with van der Waals surface area (Å²) in [6.45, 7) is 5.17. The number of nitrogens with zero attached hydrogens (tertiary/aromatic N) is 3. The Kier molecular flexibility index (Phi) is 5.24. The van der Waals surface area contributed by atoms with Crippen LogP contribution in [0.1, 0.15) is 36.8 Å². The zero-order valence-corrected chi connectivity index (χ0v) is 16.1. The van der Waals surface area contributed by atoms with Crippen LogP contribution in [0, 0.1) is 6.92 Å². The van der Waals surface area contributed by atoms with Crippen molar-refractivity contribution in [1.29, 1.82) is 0 Å². The van der Waals surface area contributed by atoms with Crippen LogP contribution in [0.4, 0.5) is 13.2 Å². The molecule has 3 rings (SSSR count). The third kappa shape index (κ3) is 4.56. The molecule has 0 aliphatic rings. The predicted octanol–water partition coefficient (Wildman–Crippen LogP) is 4.11. The third-order valence-electron chi connectivity index (χ3n) is 3.89. The van der Waals surface area contributed by atoms with Gasteiger partial charge in [0, 0.05) is 17.9 Å². The van der Waals surface area contributed by atoms with Gasteiger partial charge in [-0.1, -0.05) is 17.3 Å². The van der Waals surface area contributed by atoms with Crippen molar-refractivity contribution in [3.05, 3.63) is 52.6 Å². The van der Waals surface area contributed by atoms with Crippen LogP contribution in [0.15, 0.2) is 34.2 Å². The molecule has 0 radical (unpaired) electrons. The second-order valence-corrected chi connectivity index (χ2v) is 7.56. The molecule has 1 amide bonds. The van der Waals surface area contributed by atoms with Crippen LogP contribution in [0.2, 0.25) is 0 Å². The van der Waals surface area contributed by atoms with Gasteiger partial charge in [-0.05, 0) is 26.0 Å². The van der Waals surface area contributed by atoms with Crippen LogP contribution < -0.4 is 5.32 Å². The van der Waals surface area contributed by atoms with Crippen LogP contribution in [-0.4, -0.2) is 21.0 Å². The van der Waals surface area contributed by atoms with Gasteiger partial charge in [0.15, 0.2) is 5.82 Å². The number of rotatable bonds is 5. The number of carbonyl (C=O) groups is 1. The summed E-state index contributed by atoms with van der Waals surface area (Å²) in [4.78, 5) is 20.8. The van der Waals surface area contributed by atoms with Crippen LogP contribution in [0.25, 0.3) is 10.6 Å². The maximum Gasteiger partial charge on any atom is 0.416 e. The van der Waals surface area contributed by atoms with E-state index in [0.717, 1.165) is 12.1 Å². The van der Waals surface area contributed by atoms with Gasteiger partial charge < -0.3 is 9.84 Å². The first-order valence-electron chi connectivity index (χ1n) is 8.28. The molecule has 0 bridgehead atoms. The molecule has 0 spiro atoms. The van der Waals surface area contributed by atoms with Crippen LogP contribution in [-0.2, 0) is 22.9 Å². The lowest BCUT2D eigenvalue weighted by Gasteiger charge is -2.22. The highest BCUT2D eigenvalue weighted by Crippen LogP contribution is 2.31. The highest BCUT2D eigenvalue weighted by atomic mass is 32.1. The minimum Gasteiger partial charge on any atom is -0.343 e. The summed E-state index contributed by atoms with van der Waals surface area (Å²) in [5.74, 6) is 0.483.